The molecule has 0 saturated carbocycles. The van der Waals surface area contributed by atoms with Crippen LogP contribution in [0.15, 0.2) is 24.3 Å². The van der Waals surface area contributed by atoms with E-state index in [-0.39, 0.29) is 6.10 Å². The molecular formula is C15H21IO2. The van der Waals surface area contributed by atoms with E-state index in [9.17, 15) is 0 Å². The quantitative estimate of drug-likeness (QED) is 0.586. The molecule has 0 N–H and O–H groups in total. The molecule has 1 unspecified atom stereocenters. The van der Waals surface area contributed by atoms with Gasteiger partial charge >= 0.3 is 0 Å². The van der Waals surface area contributed by atoms with Crippen molar-refractivity contribution in [1.29, 1.82) is 0 Å². The highest BCUT2D eigenvalue weighted by Crippen LogP contribution is 2.24. The zero-order valence-corrected chi connectivity index (χ0v) is 13.1. The molecule has 0 amide bonds. The Morgan fingerprint density at radius 1 is 1.39 bits per heavy atom. The van der Waals surface area contributed by atoms with Crippen LogP contribution >= 0.6 is 22.6 Å². The first-order valence-electron chi connectivity index (χ1n) is 6.61. The third-order valence-electron chi connectivity index (χ3n) is 3.43. The molecular weight excluding hydrogens is 339 g/mol. The molecule has 0 radical (unpaired) electrons. The zero-order chi connectivity index (χ0) is 12.8. The fourth-order valence-corrected chi connectivity index (χ4v) is 3.03. The minimum absolute atomic E-state index is 0.230. The monoisotopic (exact) mass is 360 g/mol. The summed E-state index contributed by atoms with van der Waals surface area (Å²) in [4.78, 5) is 0. The molecule has 1 saturated heterocycles. The van der Waals surface area contributed by atoms with Gasteiger partial charge in [-0.1, -0.05) is 52.4 Å². The first kappa shape index (κ1) is 14.3. The van der Waals surface area contributed by atoms with E-state index in [1.54, 1.807) is 0 Å². The third-order valence-corrected chi connectivity index (χ3v) is 4.23. The van der Waals surface area contributed by atoms with Crippen molar-refractivity contribution >= 4 is 22.6 Å². The number of ether oxygens (including phenoxy) is 2. The van der Waals surface area contributed by atoms with Gasteiger partial charge in [0.2, 0.25) is 0 Å². The lowest BCUT2D eigenvalue weighted by Crippen LogP contribution is -2.21. The van der Waals surface area contributed by atoms with E-state index >= 15 is 0 Å². The van der Waals surface area contributed by atoms with Crippen LogP contribution in [0.3, 0.4) is 0 Å². The van der Waals surface area contributed by atoms with Crippen molar-refractivity contribution in [1.82, 2.24) is 0 Å². The Morgan fingerprint density at radius 2 is 2.17 bits per heavy atom. The van der Waals surface area contributed by atoms with Gasteiger partial charge in [0.15, 0.2) is 0 Å². The summed E-state index contributed by atoms with van der Waals surface area (Å²) in [6.45, 7) is 4.79. The van der Waals surface area contributed by atoms with E-state index in [2.05, 4.69) is 53.8 Å². The zero-order valence-electron chi connectivity index (χ0n) is 10.9. The first-order chi connectivity index (χ1) is 8.79. The van der Waals surface area contributed by atoms with Crippen molar-refractivity contribution in [2.45, 2.75) is 25.9 Å². The van der Waals surface area contributed by atoms with Crippen LogP contribution in [0, 0.1) is 12.8 Å². The minimum atomic E-state index is 0.230. The van der Waals surface area contributed by atoms with Gasteiger partial charge in [0.05, 0.1) is 12.7 Å². The lowest BCUT2D eigenvalue weighted by atomic mass is 10.0. The second-order valence-electron chi connectivity index (χ2n) is 4.95. The SMILES string of the molecule is Cc1cccc(C(CI)OCC2CCOCC2)c1. The van der Waals surface area contributed by atoms with Gasteiger partial charge in [-0.3, -0.25) is 0 Å². The average Bonchev–Trinajstić information content (AvgIpc) is 2.41. The van der Waals surface area contributed by atoms with E-state index in [0.717, 1.165) is 37.1 Å². The highest BCUT2D eigenvalue weighted by atomic mass is 127. The molecule has 0 aliphatic carbocycles. The Bertz CT molecular complexity index is 361. The van der Waals surface area contributed by atoms with Gasteiger partial charge < -0.3 is 9.47 Å². The Hall–Kier alpha value is -0.130. The van der Waals surface area contributed by atoms with Gasteiger partial charge in [-0.25, -0.2) is 0 Å². The molecule has 1 aromatic rings. The van der Waals surface area contributed by atoms with Crippen LogP contribution in [-0.2, 0) is 9.47 Å². The minimum Gasteiger partial charge on any atom is -0.381 e. The molecule has 1 aromatic carbocycles. The molecule has 0 spiro atoms. The average molecular weight is 360 g/mol. The van der Waals surface area contributed by atoms with Gasteiger partial charge in [0.25, 0.3) is 0 Å². The van der Waals surface area contributed by atoms with Gasteiger partial charge in [-0.15, -0.1) is 0 Å². The standard InChI is InChI=1S/C15H21IO2/c1-12-3-2-4-14(9-12)15(10-16)18-11-13-5-7-17-8-6-13/h2-4,9,13,15H,5-8,10-11H2,1H3. The van der Waals surface area contributed by atoms with E-state index in [1.165, 1.54) is 11.1 Å². The topological polar surface area (TPSA) is 18.5 Å². The summed E-state index contributed by atoms with van der Waals surface area (Å²) in [6.07, 6.45) is 2.51. The van der Waals surface area contributed by atoms with E-state index in [0.29, 0.717) is 5.92 Å². The summed E-state index contributed by atoms with van der Waals surface area (Å²) in [5, 5.41) is 0. The smallest absolute Gasteiger partial charge is 0.0914 e. The Labute approximate surface area is 123 Å². The molecule has 1 aliphatic rings. The maximum absolute atomic E-state index is 6.11. The molecule has 0 bridgehead atoms. The van der Waals surface area contributed by atoms with Crippen LogP contribution in [-0.4, -0.2) is 24.2 Å². The molecule has 2 rings (SSSR count). The summed E-state index contributed by atoms with van der Waals surface area (Å²) in [5.74, 6) is 0.675. The molecule has 0 aromatic heterocycles. The molecule has 3 heteroatoms. The summed E-state index contributed by atoms with van der Waals surface area (Å²) in [7, 11) is 0. The lowest BCUT2D eigenvalue weighted by molar-refractivity contribution is -0.00324. The van der Waals surface area contributed by atoms with Crippen molar-refractivity contribution in [3.63, 3.8) is 0 Å². The molecule has 1 fully saturated rings. The van der Waals surface area contributed by atoms with Crippen LogP contribution in [0.25, 0.3) is 0 Å². The molecule has 18 heavy (non-hydrogen) atoms. The first-order valence-corrected chi connectivity index (χ1v) is 8.14. The van der Waals surface area contributed by atoms with Crippen molar-refractivity contribution in [2.75, 3.05) is 24.2 Å². The van der Waals surface area contributed by atoms with Crippen LogP contribution in [0.2, 0.25) is 0 Å². The number of hydrogen-bond donors (Lipinski definition) is 0. The van der Waals surface area contributed by atoms with E-state index < -0.39 is 0 Å². The Kier molecular flexibility index (Phi) is 5.92. The van der Waals surface area contributed by atoms with Gasteiger partial charge in [0, 0.05) is 17.6 Å². The lowest BCUT2D eigenvalue weighted by Gasteiger charge is -2.24. The number of halogens is 1. The predicted octanol–water partition coefficient (Wildman–Crippen LogP) is 3.91. The van der Waals surface area contributed by atoms with Gasteiger partial charge in [0.1, 0.15) is 0 Å². The third kappa shape index (κ3) is 4.21. The van der Waals surface area contributed by atoms with Crippen LogP contribution in [0.1, 0.15) is 30.1 Å². The molecule has 1 heterocycles. The normalized spacial score (nSPS) is 18.8. The fourth-order valence-electron chi connectivity index (χ4n) is 2.27. The van der Waals surface area contributed by atoms with Crippen LogP contribution in [0.4, 0.5) is 0 Å². The molecule has 100 valence electrons. The van der Waals surface area contributed by atoms with Crippen molar-refractivity contribution in [2.24, 2.45) is 5.92 Å². The van der Waals surface area contributed by atoms with E-state index in [4.69, 9.17) is 9.47 Å². The maximum atomic E-state index is 6.11. The summed E-state index contributed by atoms with van der Waals surface area (Å²) in [5.41, 5.74) is 2.61. The predicted molar refractivity (Wildman–Crippen MR) is 82.3 cm³/mol. The molecule has 1 aliphatic heterocycles. The highest BCUT2D eigenvalue weighted by Gasteiger charge is 2.17. The fraction of sp³-hybridized carbons (Fsp3) is 0.600. The van der Waals surface area contributed by atoms with Gasteiger partial charge in [-0.2, -0.15) is 0 Å². The van der Waals surface area contributed by atoms with Gasteiger partial charge in [-0.05, 0) is 31.2 Å². The number of aryl methyl sites for hydroxylation is 1. The van der Waals surface area contributed by atoms with Crippen molar-refractivity contribution < 1.29 is 9.47 Å². The number of rotatable bonds is 5. The summed E-state index contributed by atoms with van der Waals surface area (Å²) in [6, 6.07) is 8.64. The number of benzene rings is 1. The Morgan fingerprint density at radius 3 is 2.83 bits per heavy atom. The van der Waals surface area contributed by atoms with E-state index in [1.807, 2.05) is 0 Å². The second kappa shape index (κ2) is 7.46. The molecule has 1 atom stereocenters. The molecule has 2 nitrogen and oxygen atoms in total. The van der Waals surface area contributed by atoms with Crippen LogP contribution < -0.4 is 0 Å². The van der Waals surface area contributed by atoms with Crippen LogP contribution in [0.5, 0.6) is 0 Å². The Balaban J connectivity index is 1.88. The largest absolute Gasteiger partial charge is 0.381 e. The summed E-state index contributed by atoms with van der Waals surface area (Å²) < 4.78 is 12.5. The number of hydrogen-bond acceptors (Lipinski definition) is 2. The van der Waals surface area contributed by atoms with Crippen molar-refractivity contribution in [3.05, 3.63) is 35.4 Å². The highest BCUT2D eigenvalue weighted by molar-refractivity contribution is 14.1. The second-order valence-corrected chi connectivity index (χ2v) is 5.83. The summed E-state index contributed by atoms with van der Waals surface area (Å²) >= 11 is 2.41. The van der Waals surface area contributed by atoms with Crippen molar-refractivity contribution in [3.8, 4) is 0 Å². The number of alkyl halides is 1. The maximum Gasteiger partial charge on any atom is 0.0914 e.